The summed E-state index contributed by atoms with van der Waals surface area (Å²) in [5.41, 5.74) is 0. The molecule has 1 aromatic rings. The molecular formula is C15H27NS. The van der Waals surface area contributed by atoms with Gasteiger partial charge in [-0.2, -0.15) is 0 Å². The van der Waals surface area contributed by atoms with Crippen molar-refractivity contribution in [1.29, 1.82) is 0 Å². The second kappa shape index (κ2) is 8.71. The Balaban J connectivity index is 2.30. The molecule has 2 heteroatoms. The average molecular weight is 253 g/mol. The van der Waals surface area contributed by atoms with Gasteiger partial charge < -0.3 is 5.32 Å². The van der Waals surface area contributed by atoms with Crippen LogP contribution in [0.2, 0.25) is 0 Å². The van der Waals surface area contributed by atoms with Gasteiger partial charge in [0.1, 0.15) is 0 Å². The zero-order chi connectivity index (χ0) is 12.5. The van der Waals surface area contributed by atoms with Crippen molar-refractivity contribution >= 4 is 11.3 Å². The van der Waals surface area contributed by atoms with Crippen molar-refractivity contribution in [2.45, 2.75) is 64.8 Å². The topological polar surface area (TPSA) is 12.0 Å². The molecule has 0 aromatic carbocycles. The first kappa shape index (κ1) is 14.7. The molecule has 0 saturated heterocycles. The quantitative estimate of drug-likeness (QED) is 0.643. The van der Waals surface area contributed by atoms with E-state index in [1.54, 1.807) is 0 Å². The molecule has 0 radical (unpaired) electrons. The molecule has 1 rings (SSSR count). The van der Waals surface area contributed by atoms with Crippen molar-refractivity contribution in [3.63, 3.8) is 0 Å². The van der Waals surface area contributed by atoms with Gasteiger partial charge in [0, 0.05) is 15.8 Å². The number of unbranched alkanes of at least 4 members (excludes halogenated alkanes) is 3. The fourth-order valence-electron chi connectivity index (χ4n) is 2.13. The Bertz CT molecular complexity index is 293. The molecule has 1 N–H and O–H groups in total. The van der Waals surface area contributed by atoms with E-state index >= 15 is 0 Å². The molecule has 0 bridgehead atoms. The molecule has 1 heterocycles. The Morgan fingerprint density at radius 1 is 1.12 bits per heavy atom. The fraction of sp³-hybridized carbons (Fsp3) is 0.733. The van der Waals surface area contributed by atoms with Crippen molar-refractivity contribution in [2.24, 2.45) is 0 Å². The Labute approximate surface area is 111 Å². The maximum absolute atomic E-state index is 3.46. The molecule has 1 aromatic heterocycles. The van der Waals surface area contributed by atoms with Gasteiger partial charge in [0.2, 0.25) is 0 Å². The highest BCUT2D eigenvalue weighted by Gasteiger charge is 2.08. The highest BCUT2D eigenvalue weighted by molar-refractivity contribution is 7.11. The van der Waals surface area contributed by atoms with Crippen molar-refractivity contribution in [2.75, 3.05) is 7.05 Å². The first-order valence-corrected chi connectivity index (χ1v) is 7.86. The maximum atomic E-state index is 3.46. The maximum Gasteiger partial charge on any atom is 0.0112 e. The molecule has 1 atom stereocenters. The normalized spacial score (nSPS) is 12.9. The minimum absolute atomic E-state index is 0.662. The van der Waals surface area contributed by atoms with Crippen LogP contribution >= 0.6 is 11.3 Å². The van der Waals surface area contributed by atoms with Crippen molar-refractivity contribution in [3.8, 4) is 0 Å². The summed E-state index contributed by atoms with van der Waals surface area (Å²) in [7, 11) is 2.10. The standard InChI is InChI=1S/C15H27NS/c1-4-6-7-8-9-13(16-3)12-15-11-10-14(5-2)17-15/h10-11,13,16H,4-9,12H2,1-3H3. The van der Waals surface area contributed by atoms with Crippen LogP contribution in [0, 0.1) is 0 Å². The van der Waals surface area contributed by atoms with Gasteiger partial charge in [-0.05, 0) is 38.4 Å². The smallest absolute Gasteiger partial charge is 0.0112 e. The summed E-state index contributed by atoms with van der Waals surface area (Å²) in [4.78, 5) is 3.05. The molecule has 0 aliphatic carbocycles. The molecular weight excluding hydrogens is 226 g/mol. The minimum atomic E-state index is 0.662. The van der Waals surface area contributed by atoms with E-state index in [9.17, 15) is 0 Å². The van der Waals surface area contributed by atoms with Crippen LogP contribution in [0.1, 0.15) is 55.7 Å². The first-order chi connectivity index (χ1) is 8.30. The number of hydrogen-bond acceptors (Lipinski definition) is 2. The Hall–Kier alpha value is -0.340. The monoisotopic (exact) mass is 253 g/mol. The van der Waals surface area contributed by atoms with Crippen LogP contribution < -0.4 is 5.32 Å². The lowest BCUT2D eigenvalue weighted by Crippen LogP contribution is -2.27. The highest BCUT2D eigenvalue weighted by atomic mass is 32.1. The van der Waals surface area contributed by atoms with Gasteiger partial charge in [-0.1, -0.05) is 39.5 Å². The lowest BCUT2D eigenvalue weighted by Gasteiger charge is -2.14. The lowest BCUT2D eigenvalue weighted by atomic mass is 10.0. The van der Waals surface area contributed by atoms with Crippen LogP contribution in [-0.2, 0) is 12.8 Å². The molecule has 1 unspecified atom stereocenters. The zero-order valence-corrected chi connectivity index (χ0v) is 12.4. The SMILES string of the molecule is CCCCCCC(Cc1ccc(CC)s1)NC. The van der Waals surface area contributed by atoms with Gasteiger partial charge in [-0.25, -0.2) is 0 Å². The lowest BCUT2D eigenvalue weighted by molar-refractivity contribution is 0.487. The average Bonchev–Trinajstić information content (AvgIpc) is 2.80. The van der Waals surface area contributed by atoms with E-state index in [1.807, 2.05) is 11.3 Å². The van der Waals surface area contributed by atoms with Crippen LogP contribution in [0.4, 0.5) is 0 Å². The number of nitrogens with one attached hydrogen (secondary N) is 1. The van der Waals surface area contributed by atoms with Crippen molar-refractivity contribution in [3.05, 3.63) is 21.9 Å². The van der Waals surface area contributed by atoms with E-state index in [0.717, 1.165) is 0 Å². The molecule has 1 nitrogen and oxygen atoms in total. The number of rotatable bonds is 9. The molecule has 0 fully saturated rings. The van der Waals surface area contributed by atoms with Crippen molar-refractivity contribution in [1.82, 2.24) is 5.32 Å². The van der Waals surface area contributed by atoms with Crippen LogP contribution in [0.15, 0.2) is 12.1 Å². The summed E-state index contributed by atoms with van der Waals surface area (Å²) < 4.78 is 0. The van der Waals surface area contributed by atoms with Crippen LogP contribution in [-0.4, -0.2) is 13.1 Å². The van der Waals surface area contributed by atoms with Crippen molar-refractivity contribution < 1.29 is 0 Å². The molecule has 0 amide bonds. The third-order valence-electron chi connectivity index (χ3n) is 3.33. The van der Waals surface area contributed by atoms with Gasteiger partial charge in [0.15, 0.2) is 0 Å². The molecule has 98 valence electrons. The summed E-state index contributed by atoms with van der Waals surface area (Å²) in [6, 6.07) is 5.25. The third kappa shape index (κ3) is 5.69. The number of likely N-dealkylation sites (N-methyl/N-ethyl adjacent to an activating group) is 1. The second-order valence-electron chi connectivity index (χ2n) is 4.76. The van der Waals surface area contributed by atoms with E-state index in [-0.39, 0.29) is 0 Å². The first-order valence-electron chi connectivity index (χ1n) is 7.05. The predicted molar refractivity (Wildman–Crippen MR) is 79.0 cm³/mol. The number of thiophene rings is 1. The van der Waals surface area contributed by atoms with Gasteiger partial charge in [-0.3, -0.25) is 0 Å². The van der Waals surface area contributed by atoms with Gasteiger partial charge >= 0.3 is 0 Å². The largest absolute Gasteiger partial charge is 0.317 e. The Kier molecular flexibility index (Phi) is 7.54. The van der Waals surface area contributed by atoms with Crippen LogP contribution in [0.25, 0.3) is 0 Å². The van der Waals surface area contributed by atoms with Gasteiger partial charge in [0.05, 0.1) is 0 Å². The molecule has 17 heavy (non-hydrogen) atoms. The second-order valence-corrected chi connectivity index (χ2v) is 6.01. The van der Waals surface area contributed by atoms with Crippen LogP contribution in [0.3, 0.4) is 0 Å². The Morgan fingerprint density at radius 2 is 1.88 bits per heavy atom. The Morgan fingerprint density at radius 3 is 2.47 bits per heavy atom. The van der Waals surface area contributed by atoms with Crippen LogP contribution in [0.5, 0.6) is 0 Å². The summed E-state index contributed by atoms with van der Waals surface area (Å²) in [6.45, 7) is 4.50. The van der Waals surface area contributed by atoms with E-state index in [0.29, 0.717) is 6.04 Å². The minimum Gasteiger partial charge on any atom is -0.317 e. The van der Waals surface area contributed by atoms with E-state index in [1.165, 1.54) is 54.7 Å². The molecule has 0 aliphatic rings. The fourth-order valence-corrected chi connectivity index (χ4v) is 3.17. The zero-order valence-electron chi connectivity index (χ0n) is 11.6. The predicted octanol–water partition coefficient (Wildman–Crippen LogP) is 4.41. The van der Waals surface area contributed by atoms with E-state index in [2.05, 4.69) is 38.3 Å². The van der Waals surface area contributed by atoms with Gasteiger partial charge in [0.25, 0.3) is 0 Å². The van der Waals surface area contributed by atoms with E-state index in [4.69, 9.17) is 0 Å². The van der Waals surface area contributed by atoms with E-state index < -0.39 is 0 Å². The summed E-state index contributed by atoms with van der Waals surface area (Å²) in [6.07, 6.45) is 9.16. The van der Waals surface area contributed by atoms with Gasteiger partial charge in [-0.15, -0.1) is 11.3 Å². The summed E-state index contributed by atoms with van der Waals surface area (Å²) in [5.74, 6) is 0. The number of aryl methyl sites for hydroxylation is 1. The summed E-state index contributed by atoms with van der Waals surface area (Å²) >= 11 is 1.98. The molecule has 0 spiro atoms. The molecule has 0 aliphatic heterocycles. The molecule has 0 saturated carbocycles. The summed E-state index contributed by atoms with van der Waals surface area (Å²) in [5, 5.41) is 3.46. The third-order valence-corrected chi connectivity index (χ3v) is 4.58. The number of hydrogen-bond donors (Lipinski definition) is 1. The highest BCUT2D eigenvalue weighted by Crippen LogP contribution is 2.20.